The maximum absolute atomic E-state index is 13.5. The largest absolute Gasteiger partial charge is 0.481 e. The van der Waals surface area contributed by atoms with Gasteiger partial charge < -0.3 is 5.11 Å². The van der Waals surface area contributed by atoms with Gasteiger partial charge in [-0.05, 0) is 11.6 Å². The van der Waals surface area contributed by atoms with Gasteiger partial charge in [-0.25, -0.2) is 4.39 Å². The number of carbonyl (C=O) groups is 1. The highest BCUT2D eigenvalue weighted by Crippen LogP contribution is 2.25. The highest BCUT2D eigenvalue weighted by atomic mass is 35.5. The molecule has 0 saturated carbocycles. The SMILES string of the molecule is CC(CC(=O)O)SCc1cccc(Cl)c1F. The number of thioether (sulfide) groups is 1. The van der Waals surface area contributed by atoms with Crippen molar-refractivity contribution in [3.8, 4) is 0 Å². The molecule has 0 aliphatic heterocycles. The fourth-order valence-electron chi connectivity index (χ4n) is 1.20. The normalized spacial score (nSPS) is 12.4. The summed E-state index contributed by atoms with van der Waals surface area (Å²) in [5.74, 6) is -0.827. The smallest absolute Gasteiger partial charge is 0.304 e. The molecule has 2 nitrogen and oxygen atoms in total. The van der Waals surface area contributed by atoms with E-state index < -0.39 is 11.8 Å². The lowest BCUT2D eigenvalue weighted by Crippen LogP contribution is -2.06. The summed E-state index contributed by atoms with van der Waals surface area (Å²) in [5.41, 5.74) is 0.509. The van der Waals surface area contributed by atoms with Crippen LogP contribution in [0.5, 0.6) is 0 Å². The van der Waals surface area contributed by atoms with Crippen molar-refractivity contribution in [3.63, 3.8) is 0 Å². The Morgan fingerprint density at radius 1 is 1.62 bits per heavy atom. The van der Waals surface area contributed by atoms with E-state index in [0.717, 1.165) is 0 Å². The van der Waals surface area contributed by atoms with E-state index in [1.165, 1.54) is 17.8 Å². The molecule has 0 aromatic heterocycles. The van der Waals surface area contributed by atoms with Crippen LogP contribution < -0.4 is 0 Å². The zero-order valence-corrected chi connectivity index (χ0v) is 10.3. The van der Waals surface area contributed by atoms with Gasteiger partial charge in [0.1, 0.15) is 5.82 Å². The predicted molar refractivity (Wildman–Crippen MR) is 64.4 cm³/mol. The van der Waals surface area contributed by atoms with Crippen molar-refractivity contribution in [2.75, 3.05) is 0 Å². The number of carboxylic acid groups (broad SMARTS) is 1. The van der Waals surface area contributed by atoms with Gasteiger partial charge >= 0.3 is 5.97 Å². The van der Waals surface area contributed by atoms with Crippen molar-refractivity contribution in [1.82, 2.24) is 0 Å². The maximum Gasteiger partial charge on any atom is 0.304 e. The van der Waals surface area contributed by atoms with Crippen molar-refractivity contribution in [2.24, 2.45) is 0 Å². The van der Waals surface area contributed by atoms with E-state index in [-0.39, 0.29) is 16.7 Å². The number of aliphatic carboxylic acids is 1. The standard InChI is InChI=1S/C11H12ClFO2S/c1-7(5-10(14)15)16-6-8-3-2-4-9(12)11(8)13/h2-4,7H,5-6H2,1H3,(H,14,15). The van der Waals surface area contributed by atoms with Crippen molar-refractivity contribution in [1.29, 1.82) is 0 Å². The van der Waals surface area contributed by atoms with Gasteiger partial charge in [-0.1, -0.05) is 30.7 Å². The van der Waals surface area contributed by atoms with E-state index in [0.29, 0.717) is 11.3 Å². The lowest BCUT2D eigenvalue weighted by atomic mass is 10.2. The highest BCUT2D eigenvalue weighted by Gasteiger charge is 2.11. The summed E-state index contributed by atoms with van der Waals surface area (Å²) in [6, 6.07) is 4.83. The second kappa shape index (κ2) is 6.11. The summed E-state index contributed by atoms with van der Waals surface area (Å²) in [4.78, 5) is 10.4. The molecule has 1 aromatic carbocycles. The summed E-state index contributed by atoms with van der Waals surface area (Å²) >= 11 is 7.04. The summed E-state index contributed by atoms with van der Waals surface area (Å²) in [6.07, 6.45) is 0.0762. The van der Waals surface area contributed by atoms with Crippen molar-refractivity contribution < 1.29 is 14.3 Å². The molecular weight excluding hydrogens is 251 g/mol. The number of carboxylic acids is 1. The van der Waals surface area contributed by atoms with Crippen LogP contribution in [0, 0.1) is 5.82 Å². The van der Waals surface area contributed by atoms with Gasteiger partial charge in [0.25, 0.3) is 0 Å². The van der Waals surface area contributed by atoms with Crippen LogP contribution in [-0.2, 0) is 10.5 Å². The van der Waals surface area contributed by atoms with Crippen LogP contribution in [0.15, 0.2) is 18.2 Å². The molecule has 1 rings (SSSR count). The van der Waals surface area contributed by atoms with Gasteiger partial charge in [-0.15, -0.1) is 0 Å². The first-order valence-electron chi connectivity index (χ1n) is 4.77. The minimum Gasteiger partial charge on any atom is -0.481 e. The Balaban J connectivity index is 2.54. The highest BCUT2D eigenvalue weighted by molar-refractivity contribution is 7.99. The van der Waals surface area contributed by atoms with Gasteiger partial charge in [0.15, 0.2) is 0 Å². The molecule has 0 aliphatic carbocycles. The lowest BCUT2D eigenvalue weighted by Gasteiger charge is -2.09. The number of hydrogen-bond acceptors (Lipinski definition) is 2. The molecule has 0 amide bonds. The number of halogens is 2. The van der Waals surface area contributed by atoms with Crippen LogP contribution in [-0.4, -0.2) is 16.3 Å². The summed E-state index contributed by atoms with van der Waals surface area (Å²) in [5, 5.41) is 8.63. The maximum atomic E-state index is 13.5. The molecule has 1 atom stereocenters. The Morgan fingerprint density at radius 3 is 2.94 bits per heavy atom. The third-order valence-electron chi connectivity index (χ3n) is 2.02. The zero-order valence-electron chi connectivity index (χ0n) is 8.74. The minimum atomic E-state index is -0.841. The van der Waals surface area contributed by atoms with Crippen LogP contribution in [0.1, 0.15) is 18.9 Å². The molecule has 1 unspecified atom stereocenters. The molecule has 16 heavy (non-hydrogen) atoms. The molecule has 0 bridgehead atoms. The first-order valence-corrected chi connectivity index (χ1v) is 6.19. The van der Waals surface area contributed by atoms with Gasteiger partial charge in [-0.2, -0.15) is 11.8 Å². The monoisotopic (exact) mass is 262 g/mol. The lowest BCUT2D eigenvalue weighted by molar-refractivity contribution is -0.136. The Bertz CT molecular complexity index is 384. The van der Waals surface area contributed by atoms with Crippen molar-refractivity contribution >= 4 is 29.3 Å². The topological polar surface area (TPSA) is 37.3 Å². The van der Waals surface area contributed by atoms with E-state index in [1.807, 2.05) is 0 Å². The third kappa shape index (κ3) is 4.02. The molecule has 0 spiro atoms. The molecule has 0 heterocycles. The van der Waals surface area contributed by atoms with E-state index in [1.54, 1.807) is 19.1 Å². The Morgan fingerprint density at radius 2 is 2.31 bits per heavy atom. The average molecular weight is 263 g/mol. The first kappa shape index (κ1) is 13.3. The van der Waals surface area contributed by atoms with E-state index in [2.05, 4.69) is 0 Å². The van der Waals surface area contributed by atoms with Crippen molar-refractivity contribution in [2.45, 2.75) is 24.3 Å². The molecule has 88 valence electrons. The summed E-state index contributed by atoms with van der Waals surface area (Å²) < 4.78 is 13.5. The van der Waals surface area contributed by atoms with E-state index in [9.17, 15) is 9.18 Å². The Labute approximate surface area is 103 Å². The molecule has 0 radical (unpaired) electrons. The summed E-state index contributed by atoms with van der Waals surface area (Å²) in [7, 11) is 0. The fraction of sp³-hybridized carbons (Fsp3) is 0.364. The molecule has 5 heteroatoms. The van der Waals surface area contributed by atoms with Gasteiger partial charge in [-0.3, -0.25) is 4.79 Å². The molecule has 0 aliphatic rings. The van der Waals surface area contributed by atoms with Crippen LogP contribution in [0.4, 0.5) is 4.39 Å². The minimum absolute atomic E-state index is 0.0455. The summed E-state index contributed by atoms with van der Waals surface area (Å²) in [6.45, 7) is 1.81. The zero-order chi connectivity index (χ0) is 12.1. The molecule has 1 N–H and O–H groups in total. The molecular formula is C11H12ClFO2S. The first-order chi connectivity index (χ1) is 7.50. The van der Waals surface area contributed by atoms with Crippen molar-refractivity contribution in [3.05, 3.63) is 34.6 Å². The van der Waals surface area contributed by atoms with Crippen LogP contribution in [0.2, 0.25) is 5.02 Å². The van der Waals surface area contributed by atoms with E-state index >= 15 is 0 Å². The van der Waals surface area contributed by atoms with Crippen LogP contribution >= 0.6 is 23.4 Å². The Hall–Kier alpha value is -0.740. The van der Waals surface area contributed by atoms with Gasteiger partial charge in [0.05, 0.1) is 11.4 Å². The Kier molecular flexibility index (Phi) is 5.09. The van der Waals surface area contributed by atoms with Crippen LogP contribution in [0.25, 0.3) is 0 Å². The van der Waals surface area contributed by atoms with Crippen LogP contribution in [0.3, 0.4) is 0 Å². The number of rotatable bonds is 5. The molecule has 0 saturated heterocycles. The van der Waals surface area contributed by atoms with Gasteiger partial charge in [0.2, 0.25) is 0 Å². The van der Waals surface area contributed by atoms with E-state index in [4.69, 9.17) is 16.7 Å². The quantitative estimate of drug-likeness (QED) is 0.881. The second-order valence-electron chi connectivity index (χ2n) is 3.43. The molecule has 1 aromatic rings. The molecule has 0 fully saturated rings. The fourth-order valence-corrected chi connectivity index (χ4v) is 2.34. The number of benzene rings is 1. The predicted octanol–water partition coefficient (Wildman–Crippen LogP) is 3.58. The van der Waals surface area contributed by atoms with Gasteiger partial charge in [0, 0.05) is 11.0 Å². The number of hydrogen-bond donors (Lipinski definition) is 1. The third-order valence-corrected chi connectivity index (χ3v) is 3.52. The average Bonchev–Trinajstić information content (AvgIpc) is 2.19. The second-order valence-corrected chi connectivity index (χ2v) is 5.27.